The smallest absolute Gasteiger partial charge is 0.136 e. The van der Waals surface area contributed by atoms with Crippen molar-refractivity contribution in [1.82, 2.24) is 0 Å². The van der Waals surface area contributed by atoms with E-state index in [-0.39, 0.29) is 27.1 Å². The van der Waals surface area contributed by atoms with Gasteiger partial charge in [0.05, 0.1) is 22.1 Å². The summed E-state index contributed by atoms with van der Waals surface area (Å²) in [7, 11) is 0. The van der Waals surface area contributed by atoms with Gasteiger partial charge in [-0.2, -0.15) is 0 Å². The lowest BCUT2D eigenvalue weighted by Crippen LogP contribution is -2.19. The maximum atomic E-state index is 7.94. The second-order valence-electron chi connectivity index (χ2n) is 20.7. The molecule has 6 rings (SSSR count). The third kappa shape index (κ3) is 8.44. The zero-order valence-corrected chi connectivity index (χ0v) is 37.3. The molecule has 0 saturated carbocycles. The fourth-order valence-corrected chi connectivity index (χ4v) is 7.45. The third-order valence-electron chi connectivity index (χ3n) is 11.0. The molecule has 0 amide bonds. The molecule has 0 spiro atoms. The highest BCUT2D eigenvalue weighted by atomic mass is 35.5. The van der Waals surface area contributed by atoms with E-state index in [0.29, 0.717) is 5.02 Å². The summed E-state index contributed by atoms with van der Waals surface area (Å²) >= 11 is 7.94. The SMILES string of the molecule is CC(C)(C)c1ccc(N(c2ccc(C(C)(C)C)cc2)c2cc(C(C)(C)C)cc(N(c3ccc(C(C)(C)C)cc3)c3coc4ccc(C(C)(C)C)cc34)c2Cl)cc1. The van der Waals surface area contributed by atoms with E-state index in [1.54, 1.807) is 0 Å². The maximum Gasteiger partial charge on any atom is 0.136 e. The fraction of sp³-hybridized carbons (Fsp3) is 0.385. The molecule has 1 heterocycles. The van der Waals surface area contributed by atoms with Gasteiger partial charge in [-0.15, -0.1) is 0 Å². The first kappa shape index (κ1) is 41.2. The minimum Gasteiger partial charge on any atom is -0.462 e. The van der Waals surface area contributed by atoms with E-state index in [2.05, 4.69) is 217 Å². The van der Waals surface area contributed by atoms with Crippen molar-refractivity contribution in [3.8, 4) is 0 Å². The Bertz CT molecular complexity index is 2250. The monoisotopic (exact) mass is 766 g/mol. The Hall–Kier alpha value is -4.47. The highest BCUT2D eigenvalue weighted by molar-refractivity contribution is 6.37. The van der Waals surface area contributed by atoms with E-state index < -0.39 is 0 Å². The molecule has 56 heavy (non-hydrogen) atoms. The molecule has 0 atom stereocenters. The summed E-state index contributed by atoms with van der Waals surface area (Å²) in [6.07, 6.45) is 1.89. The number of anilines is 6. The zero-order chi connectivity index (χ0) is 41.2. The number of nitrogens with zero attached hydrogens (tertiary/aromatic N) is 2. The maximum absolute atomic E-state index is 7.94. The van der Waals surface area contributed by atoms with Crippen LogP contribution in [0.4, 0.5) is 34.1 Å². The van der Waals surface area contributed by atoms with Crippen LogP contribution in [0, 0.1) is 0 Å². The average molecular weight is 768 g/mol. The lowest BCUT2D eigenvalue weighted by molar-refractivity contribution is 0.589. The van der Waals surface area contributed by atoms with E-state index >= 15 is 0 Å². The van der Waals surface area contributed by atoms with Crippen LogP contribution < -0.4 is 9.80 Å². The van der Waals surface area contributed by atoms with Gasteiger partial charge in [-0.3, -0.25) is 0 Å². The Labute approximate surface area is 342 Å². The van der Waals surface area contributed by atoms with E-state index in [1.807, 2.05) is 6.26 Å². The molecule has 0 aliphatic heterocycles. The minimum absolute atomic E-state index is 0.00977. The van der Waals surface area contributed by atoms with Gasteiger partial charge in [0, 0.05) is 22.4 Å². The van der Waals surface area contributed by atoms with Gasteiger partial charge in [-0.05, 0) is 116 Å². The van der Waals surface area contributed by atoms with Gasteiger partial charge in [-0.1, -0.05) is 158 Å². The molecule has 0 N–H and O–H groups in total. The Morgan fingerprint density at radius 1 is 0.375 bits per heavy atom. The molecule has 4 heteroatoms. The molecule has 5 aromatic carbocycles. The molecule has 0 saturated heterocycles. The molecule has 294 valence electrons. The molecule has 0 bridgehead atoms. The van der Waals surface area contributed by atoms with Crippen LogP contribution in [0.25, 0.3) is 11.0 Å². The molecular weight excluding hydrogens is 704 g/mol. The third-order valence-corrected chi connectivity index (χ3v) is 11.4. The number of halogens is 1. The molecule has 6 aromatic rings. The molecule has 3 nitrogen and oxygen atoms in total. The molecule has 0 unspecified atom stereocenters. The van der Waals surface area contributed by atoms with Crippen molar-refractivity contribution in [2.24, 2.45) is 0 Å². The van der Waals surface area contributed by atoms with Crippen molar-refractivity contribution in [2.45, 2.75) is 131 Å². The highest BCUT2D eigenvalue weighted by Crippen LogP contribution is 2.51. The van der Waals surface area contributed by atoms with Gasteiger partial charge in [0.15, 0.2) is 0 Å². The summed E-state index contributed by atoms with van der Waals surface area (Å²) in [6, 6.07) is 38.0. The average Bonchev–Trinajstić information content (AvgIpc) is 3.51. The van der Waals surface area contributed by atoms with Crippen molar-refractivity contribution >= 4 is 56.7 Å². The topological polar surface area (TPSA) is 19.6 Å². The first-order chi connectivity index (χ1) is 25.8. The van der Waals surface area contributed by atoms with Crippen LogP contribution in [-0.4, -0.2) is 0 Å². The Morgan fingerprint density at radius 2 is 0.714 bits per heavy atom. The molecule has 0 fully saturated rings. The predicted octanol–water partition coefficient (Wildman–Crippen LogP) is 16.5. The fourth-order valence-electron chi connectivity index (χ4n) is 7.17. The number of benzene rings is 5. The van der Waals surface area contributed by atoms with Crippen LogP contribution in [-0.2, 0) is 27.1 Å². The summed E-state index contributed by atoms with van der Waals surface area (Å²) in [4.78, 5) is 4.63. The van der Waals surface area contributed by atoms with Crippen LogP contribution in [0.5, 0.6) is 0 Å². The van der Waals surface area contributed by atoms with Crippen LogP contribution in [0.1, 0.15) is 132 Å². The summed E-state index contributed by atoms with van der Waals surface area (Å²) in [5.74, 6) is 0. The van der Waals surface area contributed by atoms with Gasteiger partial charge in [-0.25, -0.2) is 0 Å². The first-order valence-electron chi connectivity index (χ1n) is 20.1. The second kappa shape index (κ2) is 14.5. The van der Waals surface area contributed by atoms with Crippen molar-refractivity contribution in [3.63, 3.8) is 0 Å². The minimum atomic E-state index is -0.189. The van der Waals surface area contributed by atoms with Gasteiger partial charge < -0.3 is 14.2 Å². The van der Waals surface area contributed by atoms with Gasteiger partial charge in [0.2, 0.25) is 0 Å². The standard InChI is InChI=1S/C52H63ClN2O/c1-48(2,3)34-16-23-39(24-17-34)54(40-25-18-35(19-26-40)49(4,5)6)43-31-38(52(13,14)15)32-44(47(43)53)55(41-27-20-36(21-28-41)50(7,8)9)45-33-56-46-29-22-37(30-42(45)46)51(10,11)12/h16-33H,1-15H3. The quantitative estimate of drug-likeness (QED) is 0.168. The van der Waals surface area contributed by atoms with Crippen molar-refractivity contribution in [3.05, 3.63) is 142 Å². The van der Waals surface area contributed by atoms with E-state index in [1.165, 1.54) is 27.8 Å². The molecular formula is C52H63ClN2O. The van der Waals surface area contributed by atoms with Gasteiger partial charge >= 0.3 is 0 Å². The van der Waals surface area contributed by atoms with Gasteiger partial charge in [0.25, 0.3) is 0 Å². The first-order valence-corrected chi connectivity index (χ1v) is 20.5. The number of fused-ring (bicyclic) bond motifs is 1. The summed E-state index contributed by atoms with van der Waals surface area (Å²) in [5.41, 5.74) is 12.8. The highest BCUT2D eigenvalue weighted by Gasteiger charge is 2.29. The normalized spacial score (nSPS) is 13.0. The molecule has 0 aliphatic rings. The van der Waals surface area contributed by atoms with Crippen molar-refractivity contribution < 1.29 is 4.42 Å². The largest absolute Gasteiger partial charge is 0.462 e. The van der Waals surface area contributed by atoms with Crippen molar-refractivity contribution in [1.29, 1.82) is 0 Å². The number of furan rings is 1. The van der Waals surface area contributed by atoms with Crippen LogP contribution >= 0.6 is 11.6 Å². The van der Waals surface area contributed by atoms with E-state index in [9.17, 15) is 0 Å². The number of hydrogen-bond acceptors (Lipinski definition) is 3. The summed E-state index contributed by atoms with van der Waals surface area (Å²) in [5, 5.41) is 1.70. The zero-order valence-electron chi connectivity index (χ0n) is 36.6. The van der Waals surface area contributed by atoms with Crippen LogP contribution in [0.15, 0.2) is 114 Å². The second-order valence-corrected chi connectivity index (χ2v) is 21.1. The number of rotatable bonds is 6. The van der Waals surface area contributed by atoms with Crippen LogP contribution in [0.3, 0.4) is 0 Å². The lowest BCUT2D eigenvalue weighted by Gasteiger charge is -2.34. The molecule has 0 aliphatic carbocycles. The van der Waals surface area contributed by atoms with E-state index in [0.717, 1.165) is 45.1 Å². The Balaban J connectivity index is 1.68. The van der Waals surface area contributed by atoms with Crippen LogP contribution in [0.2, 0.25) is 5.02 Å². The Kier molecular flexibility index (Phi) is 10.6. The summed E-state index contributed by atoms with van der Waals surface area (Å²) in [6.45, 7) is 33.9. The van der Waals surface area contributed by atoms with E-state index in [4.69, 9.17) is 16.0 Å². The lowest BCUT2D eigenvalue weighted by atomic mass is 9.85. The summed E-state index contributed by atoms with van der Waals surface area (Å²) < 4.78 is 6.35. The Morgan fingerprint density at radius 3 is 1.09 bits per heavy atom. The van der Waals surface area contributed by atoms with Gasteiger partial charge in [0.1, 0.15) is 11.8 Å². The molecule has 0 radical (unpaired) electrons. The molecule has 1 aromatic heterocycles. The number of hydrogen-bond donors (Lipinski definition) is 0. The predicted molar refractivity (Wildman–Crippen MR) is 244 cm³/mol. The van der Waals surface area contributed by atoms with Crippen molar-refractivity contribution in [2.75, 3.05) is 9.80 Å².